The third kappa shape index (κ3) is 2.52. The van der Waals surface area contributed by atoms with Gasteiger partial charge in [-0.25, -0.2) is 0 Å². The molecule has 2 aliphatic heterocycles. The standard InChI is InChI=1S/C24H19ClN2O3/c1-26-19-10-6-5-9-17(19)21(22(26)28)24(30)18-13-16(25)11-12-20(18)27(23(24)29)14-15-7-3-2-4-8-15/h2-13,21,30H,14H2,1H3/t21-,24+/m1/s1. The second kappa shape index (κ2) is 6.69. The number of benzene rings is 3. The van der Waals surface area contributed by atoms with Gasteiger partial charge in [-0.2, -0.15) is 0 Å². The molecule has 0 saturated carbocycles. The number of carbonyl (C=O) groups excluding carboxylic acids is 2. The largest absolute Gasteiger partial charge is 0.374 e. The van der Waals surface area contributed by atoms with Gasteiger partial charge in [-0.1, -0.05) is 60.1 Å². The monoisotopic (exact) mass is 418 g/mol. The van der Waals surface area contributed by atoms with Crippen molar-refractivity contribution in [1.82, 2.24) is 0 Å². The number of carbonyl (C=O) groups is 2. The highest BCUT2D eigenvalue weighted by atomic mass is 35.5. The quantitative estimate of drug-likeness (QED) is 0.703. The van der Waals surface area contributed by atoms with Gasteiger partial charge in [0.05, 0.1) is 12.2 Å². The topological polar surface area (TPSA) is 60.9 Å². The summed E-state index contributed by atoms with van der Waals surface area (Å²) in [6, 6.07) is 21.8. The van der Waals surface area contributed by atoms with Crippen LogP contribution in [0.15, 0.2) is 72.8 Å². The Labute approximate surface area is 179 Å². The van der Waals surface area contributed by atoms with Crippen LogP contribution in [0.3, 0.4) is 0 Å². The van der Waals surface area contributed by atoms with Crippen LogP contribution < -0.4 is 9.80 Å². The predicted octanol–water partition coefficient (Wildman–Crippen LogP) is 3.83. The van der Waals surface area contributed by atoms with Gasteiger partial charge in [-0.05, 0) is 35.4 Å². The number of para-hydroxylation sites is 1. The van der Waals surface area contributed by atoms with Gasteiger partial charge in [0.1, 0.15) is 5.92 Å². The molecule has 2 amide bonds. The normalized spacial score (nSPS) is 22.4. The van der Waals surface area contributed by atoms with E-state index in [9.17, 15) is 14.7 Å². The molecule has 0 aliphatic carbocycles. The molecular weight excluding hydrogens is 400 g/mol. The average molecular weight is 419 g/mol. The maximum Gasteiger partial charge on any atom is 0.265 e. The second-order valence-corrected chi connectivity index (χ2v) is 8.13. The van der Waals surface area contributed by atoms with Crippen molar-refractivity contribution < 1.29 is 14.7 Å². The van der Waals surface area contributed by atoms with Gasteiger partial charge in [-0.3, -0.25) is 9.59 Å². The lowest BCUT2D eigenvalue weighted by Crippen LogP contribution is -2.47. The summed E-state index contributed by atoms with van der Waals surface area (Å²) in [7, 11) is 1.66. The number of anilines is 2. The van der Waals surface area contributed by atoms with Gasteiger partial charge in [0.15, 0.2) is 5.60 Å². The predicted molar refractivity (Wildman–Crippen MR) is 116 cm³/mol. The van der Waals surface area contributed by atoms with E-state index in [-0.39, 0.29) is 12.5 Å². The summed E-state index contributed by atoms with van der Waals surface area (Å²) in [5.74, 6) is -1.88. The number of rotatable bonds is 3. The van der Waals surface area contributed by atoms with Gasteiger partial charge in [-0.15, -0.1) is 0 Å². The van der Waals surface area contributed by atoms with E-state index in [1.54, 1.807) is 31.3 Å². The summed E-state index contributed by atoms with van der Waals surface area (Å²) in [5.41, 5.74) is 1.14. The summed E-state index contributed by atoms with van der Waals surface area (Å²) in [6.45, 7) is 0.287. The summed E-state index contributed by atoms with van der Waals surface area (Å²) in [5, 5.41) is 12.3. The molecule has 3 aromatic carbocycles. The molecule has 150 valence electrons. The van der Waals surface area contributed by atoms with Gasteiger partial charge in [0, 0.05) is 23.3 Å². The first-order valence-corrected chi connectivity index (χ1v) is 10.1. The Morgan fingerprint density at radius 1 is 0.967 bits per heavy atom. The van der Waals surface area contributed by atoms with Crippen molar-refractivity contribution in [2.45, 2.75) is 18.1 Å². The first kappa shape index (κ1) is 18.9. The van der Waals surface area contributed by atoms with Crippen LogP contribution in [-0.4, -0.2) is 24.0 Å². The number of fused-ring (bicyclic) bond motifs is 2. The Bertz CT molecular complexity index is 1180. The fourth-order valence-corrected chi connectivity index (χ4v) is 4.74. The van der Waals surface area contributed by atoms with Gasteiger partial charge in [0.2, 0.25) is 5.91 Å². The molecule has 0 saturated heterocycles. The molecule has 0 bridgehead atoms. The number of halogens is 1. The average Bonchev–Trinajstić information content (AvgIpc) is 3.13. The lowest BCUT2D eigenvalue weighted by atomic mass is 9.78. The van der Waals surface area contributed by atoms with Crippen LogP contribution in [-0.2, 0) is 21.7 Å². The Balaban J connectivity index is 1.68. The van der Waals surface area contributed by atoms with E-state index < -0.39 is 17.4 Å². The van der Waals surface area contributed by atoms with E-state index in [0.29, 0.717) is 27.5 Å². The van der Waals surface area contributed by atoms with Crippen LogP contribution in [0.25, 0.3) is 0 Å². The highest BCUT2D eigenvalue weighted by Gasteiger charge is 2.60. The zero-order valence-electron chi connectivity index (χ0n) is 16.2. The molecule has 2 aliphatic rings. The first-order chi connectivity index (χ1) is 14.4. The van der Waals surface area contributed by atoms with Crippen LogP contribution in [0.1, 0.15) is 22.6 Å². The Hall–Kier alpha value is -3.15. The molecule has 3 aromatic rings. The van der Waals surface area contributed by atoms with Crippen molar-refractivity contribution in [2.75, 3.05) is 16.8 Å². The number of likely N-dealkylation sites (N-methyl/N-ethyl adjacent to an activating group) is 1. The molecule has 2 atom stereocenters. The maximum atomic E-state index is 13.7. The van der Waals surface area contributed by atoms with Crippen molar-refractivity contribution in [1.29, 1.82) is 0 Å². The van der Waals surface area contributed by atoms with Crippen LogP contribution in [0.5, 0.6) is 0 Å². The molecule has 6 heteroatoms. The minimum atomic E-state index is -2.03. The first-order valence-electron chi connectivity index (χ1n) is 9.67. The minimum Gasteiger partial charge on any atom is -0.374 e. The molecule has 30 heavy (non-hydrogen) atoms. The van der Waals surface area contributed by atoms with Crippen LogP contribution in [0.2, 0.25) is 5.02 Å². The molecule has 0 spiro atoms. The maximum absolute atomic E-state index is 13.7. The number of aliphatic hydroxyl groups is 1. The SMILES string of the molecule is CN1C(=O)[C@H]([C@]2(O)C(=O)N(Cc3ccccc3)c3ccc(Cl)cc32)c2ccccc21. The lowest BCUT2D eigenvalue weighted by molar-refractivity contribution is -0.144. The summed E-state index contributed by atoms with van der Waals surface area (Å²) < 4.78 is 0. The second-order valence-electron chi connectivity index (χ2n) is 7.69. The molecule has 0 unspecified atom stereocenters. The van der Waals surface area contributed by atoms with Crippen molar-refractivity contribution in [3.8, 4) is 0 Å². The summed E-state index contributed by atoms with van der Waals surface area (Å²) in [6.07, 6.45) is 0. The van der Waals surface area contributed by atoms with Gasteiger partial charge in [0.25, 0.3) is 5.91 Å². The minimum absolute atomic E-state index is 0.287. The Morgan fingerprint density at radius 3 is 2.43 bits per heavy atom. The van der Waals surface area contributed by atoms with Crippen molar-refractivity contribution >= 4 is 34.8 Å². The molecule has 5 rings (SSSR count). The fourth-order valence-electron chi connectivity index (χ4n) is 4.57. The highest BCUT2D eigenvalue weighted by molar-refractivity contribution is 6.31. The van der Waals surface area contributed by atoms with Crippen LogP contribution in [0, 0.1) is 0 Å². The molecule has 2 heterocycles. The number of amides is 2. The molecule has 1 N–H and O–H groups in total. The molecular formula is C24H19ClN2O3. The number of hydrogen-bond donors (Lipinski definition) is 1. The summed E-state index contributed by atoms with van der Waals surface area (Å²) >= 11 is 6.24. The summed E-state index contributed by atoms with van der Waals surface area (Å²) in [4.78, 5) is 30.0. The number of nitrogens with zero attached hydrogens (tertiary/aromatic N) is 2. The van der Waals surface area contributed by atoms with Gasteiger partial charge < -0.3 is 14.9 Å². The van der Waals surface area contributed by atoms with E-state index in [1.807, 2.05) is 48.5 Å². The van der Waals surface area contributed by atoms with Crippen LogP contribution in [0.4, 0.5) is 11.4 Å². The molecule has 0 fully saturated rings. The van der Waals surface area contributed by atoms with Crippen molar-refractivity contribution in [3.05, 3.63) is 94.5 Å². The van der Waals surface area contributed by atoms with E-state index in [0.717, 1.165) is 5.56 Å². The molecule has 5 nitrogen and oxygen atoms in total. The zero-order valence-corrected chi connectivity index (χ0v) is 17.0. The fraction of sp³-hybridized carbons (Fsp3) is 0.167. The van der Waals surface area contributed by atoms with E-state index in [2.05, 4.69) is 0 Å². The van der Waals surface area contributed by atoms with Crippen molar-refractivity contribution in [3.63, 3.8) is 0 Å². The van der Waals surface area contributed by atoms with Gasteiger partial charge >= 0.3 is 0 Å². The Kier molecular flexibility index (Phi) is 4.20. The van der Waals surface area contributed by atoms with Crippen LogP contribution >= 0.6 is 11.6 Å². The zero-order chi connectivity index (χ0) is 21.0. The highest BCUT2D eigenvalue weighted by Crippen LogP contribution is 2.53. The van der Waals surface area contributed by atoms with E-state index >= 15 is 0 Å². The lowest BCUT2D eigenvalue weighted by Gasteiger charge is -2.28. The third-order valence-corrected chi connectivity index (χ3v) is 6.25. The molecule has 0 aromatic heterocycles. The Morgan fingerprint density at radius 2 is 1.67 bits per heavy atom. The smallest absolute Gasteiger partial charge is 0.265 e. The molecule has 0 radical (unpaired) electrons. The van der Waals surface area contributed by atoms with E-state index in [4.69, 9.17) is 11.6 Å². The van der Waals surface area contributed by atoms with E-state index in [1.165, 1.54) is 9.80 Å². The third-order valence-electron chi connectivity index (χ3n) is 6.02. The number of hydrogen-bond acceptors (Lipinski definition) is 3. The van der Waals surface area contributed by atoms with Crippen molar-refractivity contribution in [2.24, 2.45) is 0 Å².